The maximum atomic E-state index is 6.15. The van der Waals surface area contributed by atoms with Crippen LogP contribution in [0.2, 0.25) is 0 Å². The van der Waals surface area contributed by atoms with Gasteiger partial charge >= 0.3 is 0 Å². The summed E-state index contributed by atoms with van der Waals surface area (Å²) in [6.07, 6.45) is 1.02. The highest BCUT2D eigenvalue weighted by Gasteiger charge is 2.12. The number of benzene rings is 2. The highest BCUT2D eigenvalue weighted by atomic mass is 15.3. The van der Waals surface area contributed by atoms with E-state index in [1.165, 1.54) is 10.8 Å². The van der Waals surface area contributed by atoms with Crippen LogP contribution < -0.4 is 11.1 Å². The fraction of sp³-hybridized carbons (Fsp3) is 0.235. The largest absolute Gasteiger partial charge is 0.394 e. The average Bonchev–Trinajstić information content (AvgIpc) is 2.75. The lowest BCUT2D eigenvalue weighted by molar-refractivity contribution is 0.605. The van der Waals surface area contributed by atoms with Crippen molar-refractivity contribution in [1.29, 1.82) is 0 Å². The third-order valence-corrected chi connectivity index (χ3v) is 3.62. The number of aromatic nitrogens is 2. The first-order chi connectivity index (χ1) is 10.2. The molecular weight excluding hydrogens is 260 g/mol. The summed E-state index contributed by atoms with van der Waals surface area (Å²) in [7, 11) is 0. The molecule has 0 unspecified atom stereocenters. The van der Waals surface area contributed by atoms with Crippen molar-refractivity contribution in [2.75, 3.05) is 11.1 Å². The molecule has 1 aromatic heterocycles. The zero-order valence-electron chi connectivity index (χ0n) is 12.4. The van der Waals surface area contributed by atoms with Gasteiger partial charge < -0.3 is 11.1 Å². The lowest BCUT2D eigenvalue weighted by Gasteiger charge is -2.11. The van der Waals surface area contributed by atoms with E-state index >= 15 is 0 Å². The van der Waals surface area contributed by atoms with Gasteiger partial charge in [-0.2, -0.15) is 5.10 Å². The second-order valence-corrected chi connectivity index (χ2v) is 5.26. The van der Waals surface area contributed by atoms with Crippen molar-refractivity contribution in [1.82, 2.24) is 9.78 Å². The molecule has 0 atom stereocenters. The molecule has 0 bridgehead atoms. The first kappa shape index (κ1) is 13.5. The van der Waals surface area contributed by atoms with Gasteiger partial charge in [-0.1, -0.05) is 37.3 Å². The molecule has 1 heterocycles. The molecule has 3 aromatic rings. The topological polar surface area (TPSA) is 55.9 Å². The molecule has 0 aliphatic carbocycles. The average molecular weight is 280 g/mol. The van der Waals surface area contributed by atoms with Gasteiger partial charge in [-0.3, -0.25) is 0 Å². The summed E-state index contributed by atoms with van der Waals surface area (Å²) in [5.41, 5.74) is 8.76. The highest BCUT2D eigenvalue weighted by molar-refractivity contribution is 5.87. The van der Waals surface area contributed by atoms with Crippen molar-refractivity contribution in [3.05, 3.63) is 48.2 Å². The Hall–Kier alpha value is -2.49. The van der Waals surface area contributed by atoms with Gasteiger partial charge in [0.05, 0.1) is 11.4 Å². The quantitative estimate of drug-likeness (QED) is 0.757. The molecule has 4 heteroatoms. The van der Waals surface area contributed by atoms with Crippen molar-refractivity contribution >= 4 is 28.0 Å². The van der Waals surface area contributed by atoms with Crippen molar-refractivity contribution in [3.63, 3.8) is 0 Å². The van der Waals surface area contributed by atoms with Gasteiger partial charge in [0.1, 0.15) is 0 Å². The zero-order chi connectivity index (χ0) is 14.8. The predicted octanol–water partition coefficient (Wildman–Crippen LogP) is 4.08. The number of nitrogen functional groups attached to an aromatic ring is 1. The maximum Gasteiger partial charge on any atom is 0.152 e. The Morgan fingerprint density at radius 2 is 1.90 bits per heavy atom. The minimum atomic E-state index is 0.719. The summed E-state index contributed by atoms with van der Waals surface area (Å²) in [4.78, 5) is 0. The summed E-state index contributed by atoms with van der Waals surface area (Å²) in [6, 6.07) is 14.6. The zero-order valence-corrected chi connectivity index (χ0v) is 12.4. The minimum Gasteiger partial charge on any atom is -0.394 e. The number of aryl methyl sites for hydroxylation is 2. The third kappa shape index (κ3) is 2.57. The Kier molecular flexibility index (Phi) is 3.52. The molecule has 0 fully saturated rings. The van der Waals surface area contributed by atoms with E-state index in [0.29, 0.717) is 0 Å². The number of nitrogens with two attached hydrogens (primary N) is 1. The van der Waals surface area contributed by atoms with Crippen LogP contribution in [0.15, 0.2) is 42.5 Å². The summed E-state index contributed by atoms with van der Waals surface area (Å²) in [5.74, 6) is 0.879. The first-order valence-corrected chi connectivity index (χ1v) is 7.27. The molecule has 4 nitrogen and oxygen atoms in total. The molecular formula is C17H20N4. The van der Waals surface area contributed by atoms with E-state index in [1.54, 1.807) is 0 Å². The molecule has 0 aliphatic heterocycles. The van der Waals surface area contributed by atoms with Crippen LogP contribution in [0.5, 0.6) is 0 Å². The molecule has 2 aromatic carbocycles. The molecule has 0 aliphatic rings. The van der Waals surface area contributed by atoms with Crippen LogP contribution in [-0.4, -0.2) is 9.78 Å². The van der Waals surface area contributed by atoms with Crippen LogP contribution in [0.25, 0.3) is 10.8 Å². The van der Waals surface area contributed by atoms with Gasteiger partial charge in [0, 0.05) is 12.2 Å². The maximum absolute atomic E-state index is 6.15. The molecule has 108 valence electrons. The lowest BCUT2D eigenvalue weighted by Crippen LogP contribution is -2.05. The van der Waals surface area contributed by atoms with Crippen LogP contribution in [-0.2, 0) is 6.54 Å². The molecule has 0 saturated carbocycles. The highest BCUT2D eigenvalue weighted by Crippen LogP contribution is 2.28. The van der Waals surface area contributed by atoms with Gasteiger partial charge in [-0.05, 0) is 36.2 Å². The SMILES string of the molecule is CCCn1nc(C)c(N)c1Nc1ccc2ccccc2c1. The van der Waals surface area contributed by atoms with Gasteiger partial charge in [0.2, 0.25) is 0 Å². The smallest absolute Gasteiger partial charge is 0.152 e. The number of fused-ring (bicyclic) bond motifs is 1. The Labute approximate surface area is 124 Å². The Morgan fingerprint density at radius 3 is 2.67 bits per heavy atom. The van der Waals surface area contributed by atoms with Crippen LogP contribution >= 0.6 is 0 Å². The first-order valence-electron chi connectivity index (χ1n) is 7.27. The van der Waals surface area contributed by atoms with E-state index in [-0.39, 0.29) is 0 Å². The summed E-state index contributed by atoms with van der Waals surface area (Å²) >= 11 is 0. The van der Waals surface area contributed by atoms with E-state index in [0.717, 1.165) is 35.9 Å². The van der Waals surface area contributed by atoms with Crippen molar-refractivity contribution < 1.29 is 0 Å². The van der Waals surface area contributed by atoms with Crippen LogP contribution in [0, 0.1) is 6.92 Å². The standard InChI is InChI=1S/C17H20N4/c1-3-10-21-17(16(18)12(2)20-21)19-15-9-8-13-6-4-5-7-14(13)11-15/h4-9,11,19H,3,10,18H2,1-2H3. The predicted molar refractivity (Wildman–Crippen MR) is 88.9 cm³/mol. The summed E-state index contributed by atoms with van der Waals surface area (Å²) < 4.78 is 1.94. The second-order valence-electron chi connectivity index (χ2n) is 5.26. The Balaban J connectivity index is 1.98. The lowest BCUT2D eigenvalue weighted by atomic mass is 10.1. The molecule has 0 saturated heterocycles. The van der Waals surface area contributed by atoms with E-state index < -0.39 is 0 Å². The molecule has 21 heavy (non-hydrogen) atoms. The van der Waals surface area contributed by atoms with E-state index in [1.807, 2.05) is 23.7 Å². The Morgan fingerprint density at radius 1 is 1.14 bits per heavy atom. The van der Waals surface area contributed by atoms with Crippen LogP contribution in [0.3, 0.4) is 0 Å². The van der Waals surface area contributed by atoms with Gasteiger partial charge in [-0.25, -0.2) is 4.68 Å². The monoisotopic (exact) mass is 280 g/mol. The fourth-order valence-corrected chi connectivity index (χ4v) is 2.50. The number of nitrogens with one attached hydrogen (secondary N) is 1. The number of hydrogen-bond donors (Lipinski definition) is 2. The van der Waals surface area contributed by atoms with E-state index in [4.69, 9.17) is 5.73 Å². The number of hydrogen-bond acceptors (Lipinski definition) is 3. The molecule has 3 N–H and O–H groups in total. The molecule has 3 rings (SSSR count). The van der Waals surface area contributed by atoms with Crippen LogP contribution in [0.1, 0.15) is 19.0 Å². The van der Waals surface area contributed by atoms with Crippen LogP contribution in [0.4, 0.5) is 17.2 Å². The fourth-order valence-electron chi connectivity index (χ4n) is 2.50. The number of nitrogens with zero attached hydrogens (tertiary/aromatic N) is 2. The minimum absolute atomic E-state index is 0.719. The molecule has 0 spiro atoms. The summed E-state index contributed by atoms with van der Waals surface area (Å²) in [6.45, 7) is 4.92. The summed E-state index contributed by atoms with van der Waals surface area (Å²) in [5, 5.41) is 10.3. The normalized spacial score (nSPS) is 11.0. The van der Waals surface area contributed by atoms with Crippen molar-refractivity contribution in [3.8, 4) is 0 Å². The third-order valence-electron chi connectivity index (χ3n) is 3.62. The second kappa shape index (κ2) is 5.48. The van der Waals surface area contributed by atoms with Crippen molar-refractivity contribution in [2.24, 2.45) is 0 Å². The number of anilines is 3. The van der Waals surface area contributed by atoms with Gasteiger partial charge in [0.25, 0.3) is 0 Å². The number of rotatable bonds is 4. The molecule has 0 amide bonds. The van der Waals surface area contributed by atoms with Gasteiger partial charge in [-0.15, -0.1) is 0 Å². The van der Waals surface area contributed by atoms with E-state index in [2.05, 4.69) is 47.7 Å². The van der Waals surface area contributed by atoms with Crippen molar-refractivity contribution in [2.45, 2.75) is 26.8 Å². The van der Waals surface area contributed by atoms with E-state index in [9.17, 15) is 0 Å². The molecule has 0 radical (unpaired) electrons. The Bertz CT molecular complexity index is 774. The van der Waals surface area contributed by atoms with Gasteiger partial charge in [0.15, 0.2) is 5.82 Å².